The molecule has 0 aromatic heterocycles. The van der Waals surface area contributed by atoms with Crippen molar-refractivity contribution in [1.29, 1.82) is 0 Å². The van der Waals surface area contributed by atoms with E-state index in [1.807, 2.05) is 0 Å². The lowest BCUT2D eigenvalue weighted by atomic mass is 9.86. The van der Waals surface area contributed by atoms with Gasteiger partial charge in [0.15, 0.2) is 24.4 Å². The van der Waals surface area contributed by atoms with E-state index < -0.39 is 152 Å². The molecule has 24 heteroatoms. The van der Waals surface area contributed by atoms with Crippen LogP contribution in [0.25, 0.3) is 0 Å². The van der Waals surface area contributed by atoms with Gasteiger partial charge in [-0.15, -0.1) is 0 Å². The van der Waals surface area contributed by atoms with E-state index in [4.69, 9.17) is 56.8 Å². The van der Waals surface area contributed by atoms with Crippen molar-refractivity contribution >= 4 is 65.5 Å². The summed E-state index contributed by atoms with van der Waals surface area (Å²) in [5, 5.41) is 0. The lowest BCUT2D eigenvalue weighted by Gasteiger charge is -2.52. The molecule has 0 N–H and O–H groups in total. The van der Waals surface area contributed by atoms with Crippen molar-refractivity contribution in [1.82, 2.24) is 4.90 Å². The van der Waals surface area contributed by atoms with Gasteiger partial charge in [-0.25, -0.2) is 4.79 Å². The number of carbonyl (C=O) groups excluding carboxylic acids is 11. The minimum absolute atomic E-state index is 0.524. The summed E-state index contributed by atoms with van der Waals surface area (Å²) in [6, 6.07) is -1.90. The molecular formula is C36H49NO23. The summed E-state index contributed by atoms with van der Waals surface area (Å²) >= 11 is 0. The van der Waals surface area contributed by atoms with Gasteiger partial charge in [0, 0.05) is 69.2 Å². The Hall–Kier alpha value is -5.75. The lowest BCUT2D eigenvalue weighted by Crippen LogP contribution is -2.72. The first kappa shape index (κ1) is 50.4. The fraction of sp³-hybridized carbons (Fsp3) is 0.694. The molecule has 0 aromatic carbocycles. The number of ether oxygens (including phenoxy) is 12. The van der Waals surface area contributed by atoms with Crippen LogP contribution in [0, 0.1) is 0 Å². The summed E-state index contributed by atoms with van der Waals surface area (Å²) in [6.45, 7) is 7.75. The molecule has 2 aliphatic heterocycles. The van der Waals surface area contributed by atoms with Gasteiger partial charge in [-0.3, -0.25) is 52.8 Å². The number of rotatable bonds is 16. The van der Waals surface area contributed by atoms with Crippen molar-refractivity contribution in [3.63, 3.8) is 0 Å². The zero-order chi connectivity index (χ0) is 45.8. The highest BCUT2D eigenvalue weighted by Gasteiger charge is 2.64. The number of carbonyl (C=O) groups is 11. The van der Waals surface area contributed by atoms with Crippen LogP contribution in [0.15, 0.2) is 0 Å². The van der Waals surface area contributed by atoms with Gasteiger partial charge in [-0.2, -0.15) is 0 Å². The van der Waals surface area contributed by atoms with E-state index >= 15 is 0 Å². The maximum absolute atomic E-state index is 14.3. The average Bonchev–Trinajstić information content (AvgIpc) is 3.09. The zero-order valence-corrected chi connectivity index (χ0v) is 34.7. The SMILES string of the molecule is COC(=O)[C@@]1(O[C@H]2[C@@H](OC(C)=O)[C@@H](COC(C)=O)O[C@@H](OC(C)=O)[C@@H]2OC(C)=O)C[C@H](OC(C)=O)[C@@H](N(C(C)=O)C(C)=O)[C@H]([C@H](OC(C)=O)[C@@H](COC(C)=O)OC(C)=O)O1. The minimum atomic E-state index is -3.08. The molecule has 0 spiro atoms. The maximum atomic E-state index is 14.3. The highest BCUT2D eigenvalue weighted by Crippen LogP contribution is 2.42. The molecular weight excluding hydrogens is 814 g/mol. The van der Waals surface area contributed by atoms with E-state index in [-0.39, 0.29) is 0 Å². The Morgan fingerprint density at radius 2 is 1.13 bits per heavy atom. The first-order chi connectivity index (χ1) is 27.8. The third-order valence-electron chi connectivity index (χ3n) is 8.32. The Morgan fingerprint density at radius 3 is 1.58 bits per heavy atom. The van der Waals surface area contributed by atoms with Gasteiger partial charge in [0.2, 0.25) is 18.1 Å². The van der Waals surface area contributed by atoms with Crippen LogP contribution in [-0.2, 0) is 110 Å². The summed E-state index contributed by atoms with van der Waals surface area (Å²) in [7, 11) is 0.838. The smallest absolute Gasteiger partial charge is 0.366 e. The summed E-state index contributed by atoms with van der Waals surface area (Å²) in [4.78, 5) is 141. The number of imide groups is 1. The molecule has 0 radical (unpaired) electrons. The highest BCUT2D eigenvalue weighted by molar-refractivity contribution is 5.93. The first-order valence-corrected chi connectivity index (χ1v) is 18.0. The molecule has 0 aromatic rings. The Labute approximate surface area is 342 Å². The summed E-state index contributed by atoms with van der Waals surface area (Å²) in [5.74, 6) is -14.8. The number of esters is 9. The standard InChI is InChI=1S/C36H49NO23/c1-15(38)37(16(2)39)28-25(52-19(5)42)12-36(35(48)49-11,59-31(28)29(54-21(7)44)26(53-20(6)43)13-50-17(3)40)60-32-30(55-22(8)45)27(14-51-18(4)41)58-34(57-24(10)47)33(32)56-23(9)46/h25-34H,12-14H2,1-11H3/t25-,26+,27+,28+,29+,30-,31+,32-,33+,34+,36-/m0/s1. The molecule has 2 fully saturated rings. The van der Waals surface area contributed by atoms with Crippen molar-refractivity contribution in [2.24, 2.45) is 0 Å². The molecule has 0 unspecified atom stereocenters. The van der Waals surface area contributed by atoms with Crippen molar-refractivity contribution < 1.29 is 110 Å². The van der Waals surface area contributed by atoms with Crippen LogP contribution in [0.1, 0.15) is 75.7 Å². The van der Waals surface area contributed by atoms with Crippen molar-refractivity contribution in [2.45, 2.75) is 143 Å². The van der Waals surface area contributed by atoms with E-state index in [9.17, 15) is 52.7 Å². The van der Waals surface area contributed by atoms with Crippen LogP contribution >= 0.6 is 0 Å². The second-order valence-electron chi connectivity index (χ2n) is 13.3. The molecule has 0 saturated carbocycles. The van der Waals surface area contributed by atoms with E-state index in [0.29, 0.717) is 4.90 Å². The fourth-order valence-electron chi connectivity index (χ4n) is 6.52. The van der Waals surface area contributed by atoms with Crippen LogP contribution in [-0.4, -0.2) is 158 Å². The number of nitrogens with zero attached hydrogens (tertiary/aromatic N) is 1. The summed E-state index contributed by atoms with van der Waals surface area (Å²) in [5.41, 5.74) is 0. The van der Waals surface area contributed by atoms with Crippen LogP contribution in [0.2, 0.25) is 0 Å². The van der Waals surface area contributed by atoms with E-state index in [0.717, 1.165) is 76.3 Å². The Bertz CT molecular complexity index is 1660. The predicted molar refractivity (Wildman–Crippen MR) is 188 cm³/mol. The molecule has 60 heavy (non-hydrogen) atoms. The first-order valence-electron chi connectivity index (χ1n) is 18.0. The second kappa shape index (κ2) is 22.0. The molecule has 2 rings (SSSR count). The van der Waals surface area contributed by atoms with Gasteiger partial charge in [-0.05, 0) is 0 Å². The highest BCUT2D eigenvalue weighted by atomic mass is 16.8. The van der Waals surface area contributed by atoms with Gasteiger partial charge >= 0.3 is 53.7 Å². The molecule has 2 amide bonds. The number of hydrogen-bond donors (Lipinski definition) is 0. The molecule has 0 bridgehead atoms. The summed E-state index contributed by atoms with van der Waals surface area (Å²) in [6.07, 6.45) is -18.7. The lowest BCUT2D eigenvalue weighted by molar-refractivity contribution is -0.370. The molecule has 11 atom stereocenters. The molecule has 336 valence electrons. The third kappa shape index (κ3) is 13.9. The summed E-state index contributed by atoms with van der Waals surface area (Å²) < 4.78 is 66.6. The Kier molecular flexibility index (Phi) is 18.5. The fourth-order valence-corrected chi connectivity index (χ4v) is 6.52. The molecule has 2 heterocycles. The molecule has 0 aliphatic carbocycles. The normalized spacial score (nSPS) is 26.9. The number of hydrogen-bond acceptors (Lipinski definition) is 23. The Morgan fingerprint density at radius 1 is 0.617 bits per heavy atom. The van der Waals surface area contributed by atoms with Gasteiger partial charge in [0.25, 0.3) is 5.79 Å². The quantitative estimate of drug-likeness (QED) is 0.131. The monoisotopic (exact) mass is 863 g/mol. The zero-order valence-electron chi connectivity index (χ0n) is 34.7. The minimum Gasteiger partial charge on any atom is -0.465 e. The van der Waals surface area contributed by atoms with Gasteiger partial charge < -0.3 is 56.8 Å². The van der Waals surface area contributed by atoms with Gasteiger partial charge in [0.05, 0.1) is 13.5 Å². The van der Waals surface area contributed by atoms with Crippen LogP contribution < -0.4 is 0 Å². The van der Waals surface area contributed by atoms with Crippen molar-refractivity contribution in [3.8, 4) is 0 Å². The van der Waals surface area contributed by atoms with E-state index in [2.05, 4.69) is 0 Å². The van der Waals surface area contributed by atoms with Gasteiger partial charge in [-0.1, -0.05) is 0 Å². The predicted octanol–water partition coefficient (Wildman–Crippen LogP) is -1.13. The van der Waals surface area contributed by atoms with Crippen LogP contribution in [0.5, 0.6) is 0 Å². The number of amides is 2. The topological polar surface area (TPSA) is 302 Å². The van der Waals surface area contributed by atoms with Crippen LogP contribution in [0.3, 0.4) is 0 Å². The van der Waals surface area contributed by atoms with E-state index in [1.54, 1.807) is 0 Å². The largest absolute Gasteiger partial charge is 0.465 e. The molecule has 2 aliphatic rings. The second-order valence-corrected chi connectivity index (χ2v) is 13.3. The van der Waals surface area contributed by atoms with E-state index in [1.165, 1.54) is 0 Å². The van der Waals surface area contributed by atoms with Crippen LogP contribution in [0.4, 0.5) is 0 Å². The third-order valence-corrected chi connectivity index (χ3v) is 8.32. The van der Waals surface area contributed by atoms with Gasteiger partial charge in [0.1, 0.15) is 43.7 Å². The Balaban J connectivity index is 3.18. The average molecular weight is 864 g/mol. The van der Waals surface area contributed by atoms with Crippen molar-refractivity contribution in [2.75, 3.05) is 20.3 Å². The number of methoxy groups -OCH3 is 1. The molecule has 24 nitrogen and oxygen atoms in total. The maximum Gasteiger partial charge on any atom is 0.366 e. The van der Waals surface area contributed by atoms with Crippen molar-refractivity contribution in [3.05, 3.63) is 0 Å². The molecule has 2 saturated heterocycles.